The maximum absolute atomic E-state index is 2.49. The van der Waals surface area contributed by atoms with Crippen molar-refractivity contribution < 1.29 is 0 Å². The average Bonchev–Trinajstić information content (AvgIpc) is 3.33. The lowest BCUT2D eigenvalue weighted by Gasteiger charge is -2.43. The highest BCUT2D eigenvalue weighted by atomic mass is 32.1. The van der Waals surface area contributed by atoms with Crippen molar-refractivity contribution in [3.8, 4) is 0 Å². The molecule has 2 aliphatic heterocycles. The number of thiophene rings is 1. The first kappa shape index (κ1) is 20.0. The highest BCUT2D eigenvalue weighted by Gasteiger charge is 2.44. The Labute approximate surface area is 214 Å². The summed E-state index contributed by atoms with van der Waals surface area (Å²) in [6.45, 7) is 0.194. The molecule has 0 atom stereocenters. The van der Waals surface area contributed by atoms with Gasteiger partial charge in [-0.3, -0.25) is 0 Å². The van der Waals surface area contributed by atoms with Crippen LogP contribution in [0.25, 0.3) is 10.1 Å². The van der Waals surface area contributed by atoms with Gasteiger partial charge in [-0.15, -0.1) is 11.3 Å². The minimum atomic E-state index is 0.194. The summed E-state index contributed by atoms with van der Waals surface area (Å²) in [5, 5.41) is 1.32. The zero-order valence-electron chi connectivity index (χ0n) is 19.5. The van der Waals surface area contributed by atoms with Crippen LogP contribution >= 0.6 is 11.3 Å². The normalized spacial score (nSPS) is 13.4. The Morgan fingerprint density at radius 3 is 1.86 bits per heavy atom. The van der Waals surface area contributed by atoms with E-state index in [0.717, 1.165) is 0 Å². The number of hydrogen-bond donors (Lipinski definition) is 0. The van der Waals surface area contributed by atoms with Gasteiger partial charge in [0.2, 0.25) is 0 Å². The molecule has 0 bridgehead atoms. The van der Waals surface area contributed by atoms with Crippen LogP contribution in [0.1, 0.15) is 0 Å². The van der Waals surface area contributed by atoms with Crippen LogP contribution in [0, 0.1) is 0 Å². The van der Waals surface area contributed by atoms with Crippen molar-refractivity contribution in [2.75, 3.05) is 9.80 Å². The van der Waals surface area contributed by atoms with Crippen LogP contribution in [-0.4, -0.2) is 6.71 Å². The Kier molecular flexibility index (Phi) is 4.22. The summed E-state index contributed by atoms with van der Waals surface area (Å²) in [4.78, 5) is 4.92. The molecule has 2 aliphatic rings. The van der Waals surface area contributed by atoms with Crippen molar-refractivity contribution in [1.29, 1.82) is 0 Å². The summed E-state index contributed by atoms with van der Waals surface area (Å²) < 4.78 is 2.75. The SMILES string of the molecule is c1ccc(N2c3ccccc3B3c4sc5ccccc5c4N(c4ccccc4)c4cccc2c43)cc1. The first-order valence-electron chi connectivity index (χ1n) is 12.3. The maximum Gasteiger partial charge on any atom is 0.264 e. The Balaban J connectivity index is 1.51. The predicted octanol–water partition coefficient (Wildman–Crippen LogP) is 6.98. The standard InChI is InChI=1S/C32H21BN2S/c1-3-12-22(13-4-1)34-26-18-9-8-17-25(26)33-30-27(34)19-11-20-28(30)35(23-14-5-2-6-15-23)31-24-16-7-10-21-29(24)36-32(31)33/h1-21H. The minimum Gasteiger partial charge on any atom is -0.311 e. The molecular formula is C32H21BN2S. The Bertz CT molecular complexity index is 1760. The second-order valence-corrected chi connectivity index (χ2v) is 10.4. The van der Waals surface area contributed by atoms with E-state index in [1.807, 2.05) is 11.3 Å². The van der Waals surface area contributed by atoms with Gasteiger partial charge in [0.1, 0.15) is 0 Å². The van der Waals surface area contributed by atoms with Gasteiger partial charge < -0.3 is 9.80 Å². The molecule has 0 saturated heterocycles. The lowest BCUT2D eigenvalue weighted by Crippen LogP contribution is -2.60. The van der Waals surface area contributed by atoms with Crippen LogP contribution < -0.4 is 25.5 Å². The molecule has 0 radical (unpaired) electrons. The molecule has 4 heteroatoms. The van der Waals surface area contributed by atoms with Crippen molar-refractivity contribution in [2.24, 2.45) is 0 Å². The molecule has 5 aromatic carbocycles. The van der Waals surface area contributed by atoms with Crippen molar-refractivity contribution in [1.82, 2.24) is 0 Å². The van der Waals surface area contributed by atoms with E-state index < -0.39 is 0 Å². The number of anilines is 6. The Hall–Kier alpha value is -4.28. The molecule has 0 N–H and O–H groups in total. The third kappa shape index (κ3) is 2.68. The van der Waals surface area contributed by atoms with Gasteiger partial charge in [0.15, 0.2) is 0 Å². The van der Waals surface area contributed by atoms with E-state index in [4.69, 9.17) is 0 Å². The molecule has 0 fully saturated rings. The lowest BCUT2D eigenvalue weighted by atomic mass is 9.36. The monoisotopic (exact) mass is 476 g/mol. The fourth-order valence-corrected chi connectivity index (χ4v) is 7.34. The fourth-order valence-electron chi connectivity index (χ4n) is 6.02. The molecule has 0 saturated carbocycles. The predicted molar refractivity (Wildman–Crippen MR) is 156 cm³/mol. The van der Waals surface area contributed by atoms with E-state index in [1.165, 1.54) is 59.9 Å². The first-order valence-corrected chi connectivity index (χ1v) is 13.2. The fraction of sp³-hybridized carbons (Fsp3) is 0. The second kappa shape index (κ2) is 7.61. The number of hydrogen-bond acceptors (Lipinski definition) is 3. The smallest absolute Gasteiger partial charge is 0.264 e. The van der Waals surface area contributed by atoms with E-state index in [1.54, 1.807) is 0 Å². The van der Waals surface area contributed by atoms with Gasteiger partial charge in [0.05, 0.1) is 5.69 Å². The third-order valence-electron chi connectivity index (χ3n) is 7.43. The van der Waals surface area contributed by atoms with Crippen LogP contribution in [0.5, 0.6) is 0 Å². The van der Waals surface area contributed by atoms with Gasteiger partial charge in [-0.2, -0.15) is 0 Å². The Morgan fingerprint density at radius 2 is 1.08 bits per heavy atom. The van der Waals surface area contributed by atoms with Crippen molar-refractivity contribution >= 4 is 78.0 Å². The number of benzene rings is 5. The van der Waals surface area contributed by atoms with Crippen molar-refractivity contribution in [3.05, 3.63) is 127 Å². The third-order valence-corrected chi connectivity index (χ3v) is 8.65. The topological polar surface area (TPSA) is 6.48 Å². The molecule has 0 amide bonds. The summed E-state index contributed by atoms with van der Waals surface area (Å²) in [7, 11) is 0. The van der Waals surface area contributed by atoms with Crippen LogP contribution in [0.15, 0.2) is 127 Å². The number of fused-ring (bicyclic) bond motifs is 6. The zero-order valence-corrected chi connectivity index (χ0v) is 20.3. The van der Waals surface area contributed by atoms with Gasteiger partial charge in [-0.25, -0.2) is 0 Å². The highest BCUT2D eigenvalue weighted by molar-refractivity contribution is 7.33. The zero-order chi connectivity index (χ0) is 23.6. The van der Waals surface area contributed by atoms with Crippen LogP contribution in [0.2, 0.25) is 0 Å². The molecule has 2 nitrogen and oxygen atoms in total. The summed E-state index contributed by atoms with van der Waals surface area (Å²) in [5.41, 5.74) is 10.2. The molecule has 168 valence electrons. The van der Waals surface area contributed by atoms with Crippen LogP contribution in [0.3, 0.4) is 0 Å². The molecular weight excluding hydrogens is 455 g/mol. The number of nitrogens with zero attached hydrogens (tertiary/aromatic N) is 2. The van der Waals surface area contributed by atoms with Gasteiger partial charge >= 0.3 is 0 Å². The first-order chi connectivity index (χ1) is 17.9. The molecule has 6 aromatic rings. The summed E-state index contributed by atoms with van der Waals surface area (Å²) >= 11 is 1.94. The largest absolute Gasteiger partial charge is 0.311 e. The second-order valence-electron chi connectivity index (χ2n) is 9.35. The van der Waals surface area contributed by atoms with E-state index in [2.05, 4.69) is 137 Å². The quantitative estimate of drug-likeness (QED) is 0.248. The molecule has 0 unspecified atom stereocenters. The highest BCUT2D eigenvalue weighted by Crippen LogP contribution is 2.47. The molecule has 0 spiro atoms. The van der Waals surface area contributed by atoms with E-state index in [0.29, 0.717) is 0 Å². The number of para-hydroxylation sites is 3. The Morgan fingerprint density at radius 1 is 0.500 bits per heavy atom. The molecule has 8 rings (SSSR count). The van der Waals surface area contributed by atoms with E-state index >= 15 is 0 Å². The van der Waals surface area contributed by atoms with Crippen LogP contribution in [0.4, 0.5) is 34.1 Å². The minimum absolute atomic E-state index is 0.194. The molecule has 3 heterocycles. The maximum atomic E-state index is 2.49. The number of rotatable bonds is 2. The molecule has 1 aromatic heterocycles. The molecule has 0 aliphatic carbocycles. The lowest BCUT2D eigenvalue weighted by molar-refractivity contribution is 1.26. The summed E-state index contributed by atoms with van der Waals surface area (Å²) in [5.74, 6) is 0. The van der Waals surface area contributed by atoms with Gasteiger partial charge in [0.25, 0.3) is 6.71 Å². The summed E-state index contributed by atoms with van der Waals surface area (Å²) in [6, 6.07) is 46.2. The van der Waals surface area contributed by atoms with Gasteiger partial charge in [-0.1, -0.05) is 78.9 Å². The van der Waals surface area contributed by atoms with E-state index in [-0.39, 0.29) is 6.71 Å². The van der Waals surface area contributed by atoms with Crippen molar-refractivity contribution in [3.63, 3.8) is 0 Å². The van der Waals surface area contributed by atoms with E-state index in [9.17, 15) is 0 Å². The molecule has 36 heavy (non-hydrogen) atoms. The van der Waals surface area contributed by atoms with Gasteiger partial charge in [-0.05, 0) is 59.5 Å². The van der Waals surface area contributed by atoms with Crippen LogP contribution in [-0.2, 0) is 0 Å². The average molecular weight is 476 g/mol. The van der Waals surface area contributed by atoms with Gasteiger partial charge in [0, 0.05) is 43.3 Å². The van der Waals surface area contributed by atoms with Crippen molar-refractivity contribution in [2.45, 2.75) is 0 Å². The summed E-state index contributed by atoms with van der Waals surface area (Å²) in [6.07, 6.45) is 0.